The summed E-state index contributed by atoms with van der Waals surface area (Å²) in [6.07, 6.45) is 4.99. The second-order valence-corrected chi connectivity index (χ2v) is 8.92. The van der Waals surface area contributed by atoms with E-state index in [1.165, 1.54) is 0 Å². The van der Waals surface area contributed by atoms with E-state index in [1.807, 2.05) is 55.6 Å². The molecule has 1 heterocycles. The van der Waals surface area contributed by atoms with Crippen LogP contribution < -0.4 is 4.90 Å². The SMILES string of the molecule is CN1C(=O)CSC2CC=C(C[N+](=O)c3ccc(CN(C)c4ccccc4)cc3)C=C21. The maximum atomic E-state index is 12.7. The highest BCUT2D eigenvalue weighted by atomic mass is 32.2. The Labute approximate surface area is 181 Å². The van der Waals surface area contributed by atoms with Gasteiger partial charge >= 0.3 is 0 Å². The van der Waals surface area contributed by atoms with Crippen LogP contribution in [-0.2, 0) is 11.3 Å². The summed E-state index contributed by atoms with van der Waals surface area (Å²) in [7, 11) is 3.88. The molecule has 1 aliphatic carbocycles. The molecule has 154 valence electrons. The van der Waals surface area contributed by atoms with E-state index in [9.17, 15) is 9.70 Å². The van der Waals surface area contributed by atoms with Crippen LogP contribution in [0.3, 0.4) is 0 Å². The van der Waals surface area contributed by atoms with Crippen molar-refractivity contribution in [1.82, 2.24) is 4.90 Å². The summed E-state index contributed by atoms with van der Waals surface area (Å²) >= 11 is 1.68. The Kier molecular flexibility index (Phi) is 6.04. The highest BCUT2D eigenvalue weighted by Crippen LogP contribution is 2.34. The number of anilines is 1. The van der Waals surface area contributed by atoms with Gasteiger partial charge in [0.15, 0.2) is 0 Å². The fourth-order valence-corrected chi connectivity index (χ4v) is 4.95. The van der Waals surface area contributed by atoms with Crippen LogP contribution in [0.2, 0.25) is 0 Å². The van der Waals surface area contributed by atoms with Gasteiger partial charge in [0, 0.05) is 64.6 Å². The first kappa shape index (κ1) is 20.4. The fourth-order valence-electron chi connectivity index (χ4n) is 3.78. The smallest absolute Gasteiger partial charge is 0.256 e. The molecule has 1 unspecified atom stereocenters. The number of rotatable bonds is 6. The Morgan fingerprint density at radius 3 is 2.60 bits per heavy atom. The molecular formula is C24H26N3O2S+. The van der Waals surface area contributed by atoms with E-state index in [4.69, 9.17) is 0 Å². The van der Waals surface area contributed by atoms with Crippen molar-refractivity contribution in [2.45, 2.75) is 18.2 Å². The van der Waals surface area contributed by atoms with E-state index < -0.39 is 0 Å². The molecule has 2 aromatic carbocycles. The molecule has 0 bridgehead atoms. The zero-order valence-corrected chi connectivity index (χ0v) is 18.1. The van der Waals surface area contributed by atoms with Gasteiger partial charge in [-0.1, -0.05) is 36.4 Å². The van der Waals surface area contributed by atoms with Gasteiger partial charge in [0.2, 0.25) is 12.5 Å². The van der Waals surface area contributed by atoms with Crippen molar-refractivity contribution in [3.8, 4) is 0 Å². The molecule has 4 rings (SSSR count). The molecule has 0 spiro atoms. The highest BCUT2D eigenvalue weighted by Gasteiger charge is 2.31. The lowest BCUT2D eigenvalue weighted by molar-refractivity contribution is -0.453. The Balaban J connectivity index is 1.39. The zero-order valence-electron chi connectivity index (χ0n) is 17.3. The van der Waals surface area contributed by atoms with Crippen molar-refractivity contribution in [1.29, 1.82) is 0 Å². The van der Waals surface area contributed by atoms with Crippen molar-refractivity contribution in [3.63, 3.8) is 0 Å². The van der Waals surface area contributed by atoms with Crippen molar-refractivity contribution in [3.05, 3.63) is 88.5 Å². The third kappa shape index (κ3) is 4.49. The van der Waals surface area contributed by atoms with E-state index in [-0.39, 0.29) is 12.5 Å². The number of hydrogen-bond acceptors (Lipinski definition) is 4. The van der Waals surface area contributed by atoms with Crippen molar-refractivity contribution in [2.24, 2.45) is 0 Å². The van der Waals surface area contributed by atoms with Crippen molar-refractivity contribution < 1.29 is 9.55 Å². The Morgan fingerprint density at radius 2 is 1.87 bits per heavy atom. The average molecular weight is 421 g/mol. The molecule has 6 heteroatoms. The van der Waals surface area contributed by atoms with Crippen LogP contribution in [0.25, 0.3) is 0 Å². The number of nitrogens with zero attached hydrogens (tertiary/aromatic N) is 3. The van der Waals surface area contributed by atoms with Gasteiger partial charge in [-0.05, 0) is 30.2 Å². The first-order valence-corrected chi connectivity index (χ1v) is 11.1. The number of para-hydroxylation sites is 1. The standard InChI is InChI=1S/C24H26N3O2S/c1-25(20-6-4-3-5-7-20)15-18-8-11-21(12-9-18)27(29)16-19-10-13-23-22(14-19)26(2)24(28)17-30-23/h3-12,14,23H,13,15-17H2,1-2H3/q+1. The van der Waals surface area contributed by atoms with E-state index in [0.29, 0.717) is 16.7 Å². The van der Waals surface area contributed by atoms with Crippen LogP contribution in [-0.4, -0.2) is 47.2 Å². The van der Waals surface area contributed by atoms with Gasteiger partial charge in [-0.25, -0.2) is 0 Å². The van der Waals surface area contributed by atoms with Gasteiger partial charge in [-0.3, -0.25) is 4.79 Å². The average Bonchev–Trinajstić information content (AvgIpc) is 2.77. The predicted molar refractivity (Wildman–Crippen MR) is 123 cm³/mol. The molecule has 0 aromatic heterocycles. The molecule has 30 heavy (non-hydrogen) atoms. The van der Waals surface area contributed by atoms with Gasteiger partial charge in [-0.15, -0.1) is 11.8 Å². The number of benzene rings is 2. The summed E-state index contributed by atoms with van der Waals surface area (Å²) in [4.78, 5) is 28.6. The number of nitroso groups, excluding NO2 is 1. The molecule has 0 N–H and O–H groups in total. The monoisotopic (exact) mass is 420 g/mol. The molecule has 1 aliphatic heterocycles. The largest absolute Gasteiger partial charge is 0.370 e. The number of amides is 1. The number of carbonyl (C=O) groups excluding carboxylic acids is 1. The van der Waals surface area contributed by atoms with Crippen molar-refractivity contribution in [2.75, 3.05) is 31.3 Å². The van der Waals surface area contributed by atoms with E-state index in [2.05, 4.69) is 30.2 Å². The summed E-state index contributed by atoms with van der Waals surface area (Å²) in [5.74, 6) is 0.653. The summed E-state index contributed by atoms with van der Waals surface area (Å²) < 4.78 is 1.02. The van der Waals surface area contributed by atoms with Crippen LogP contribution in [0.1, 0.15) is 12.0 Å². The quantitative estimate of drug-likeness (QED) is 0.645. The fraction of sp³-hybridized carbons (Fsp3) is 0.292. The lowest BCUT2D eigenvalue weighted by Gasteiger charge is -2.34. The maximum Gasteiger partial charge on any atom is 0.256 e. The van der Waals surface area contributed by atoms with Crippen LogP contribution in [0.15, 0.2) is 78.0 Å². The van der Waals surface area contributed by atoms with E-state index >= 15 is 0 Å². The number of allylic oxidation sites excluding steroid dienone is 1. The summed E-state index contributed by atoms with van der Waals surface area (Å²) in [6, 6.07) is 18.0. The molecule has 2 aromatic rings. The minimum atomic E-state index is 0.124. The first-order chi connectivity index (χ1) is 14.5. The van der Waals surface area contributed by atoms with E-state index in [1.54, 1.807) is 16.7 Å². The molecule has 1 amide bonds. The second kappa shape index (κ2) is 8.88. The minimum Gasteiger partial charge on any atom is -0.370 e. The zero-order chi connectivity index (χ0) is 21.1. The Hall–Kier alpha value is -2.86. The van der Waals surface area contributed by atoms with Crippen LogP contribution >= 0.6 is 11.8 Å². The van der Waals surface area contributed by atoms with Crippen molar-refractivity contribution >= 4 is 29.0 Å². The molecular weight excluding hydrogens is 394 g/mol. The Morgan fingerprint density at radius 1 is 1.13 bits per heavy atom. The number of hydrogen-bond donors (Lipinski definition) is 0. The first-order valence-electron chi connectivity index (χ1n) is 10.1. The third-order valence-electron chi connectivity index (χ3n) is 5.59. The highest BCUT2D eigenvalue weighted by molar-refractivity contribution is 8.00. The third-order valence-corrected chi connectivity index (χ3v) is 6.84. The summed E-state index contributed by atoms with van der Waals surface area (Å²) in [5.41, 5.74) is 4.93. The van der Waals surface area contributed by atoms with Crippen LogP contribution in [0.5, 0.6) is 0 Å². The Bertz CT molecular complexity index is 999. The maximum absolute atomic E-state index is 12.7. The van der Waals surface area contributed by atoms with Gasteiger partial charge in [0.05, 0.1) is 5.75 Å². The molecule has 1 saturated heterocycles. The lowest BCUT2D eigenvalue weighted by Crippen LogP contribution is -2.38. The van der Waals surface area contributed by atoms with Gasteiger partial charge in [0.25, 0.3) is 5.69 Å². The minimum absolute atomic E-state index is 0.124. The second-order valence-electron chi connectivity index (χ2n) is 7.73. The number of thioether (sulfide) groups is 1. The molecule has 0 radical (unpaired) electrons. The predicted octanol–water partition coefficient (Wildman–Crippen LogP) is 4.52. The van der Waals surface area contributed by atoms with Gasteiger partial charge in [0.1, 0.15) is 0 Å². The molecule has 1 atom stereocenters. The van der Waals surface area contributed by atoms with Gasteiger partial charge < -0.3 is 9.80 Å². The number of fused-ring (bicyclic) bond motifs is 1. The van der Waals surface area contributed by atoms with Crippen LogP contribution in [0, 0.1) is 4.91 Å². The topological polar surface area (TPSA) is 43.6 Å². The summed E-state index contributed by atoms with van der Waals surface area (Å²) in [6.45, 7) is 1.06. The molecule has 1 fully saturated rings. The van der Waals surface area contributed by atoms with Crippen LogP contribution in [0.4, 0.5) is 11.4 Å². The van der Waals surface area contributed by atoms with E-state index in [0.717, 1.165) is 40.2 Å². The molecule has 5 nitrogen and oxygen atoms in total. The lowest BCUT2D eigenvalue weighted by atomic mass is 10.0. The number of carbonyl (C=O) groups is 1. The molecule has 2 aliphatic rings. The normalized spacial score (nSPS) is 18.4. The van der Waals surface area contributed by atoms with Gasteiger partial charge in [-0.2, -0.15) is 0 Å². The summed E-state index contributed by atoms with van der Waals surface area (Å²) in [5, 5.41) is 0.317. The molecule has 0 saturated carbocycles.